The molecule has 0 fully saturated rings. The summed E-state index contributed by atoms with van der Waals surface area (Å²) in [4.78, 5) is 14.7. The van der Waals surface area contributed by atoms with Gasteiger partial charge in [0, 0.05) is 17.6 Å². The molecule has 0 saturated heterocycles. The number of oxazole rings is 1. The van der Waals surface area contributed by atoms with Gasteiger partial charge in [-0.05, 0) is 29.8 Å². The Balaban J connectivity index is 1.75. The van der Waals surface area contributed by atoms with Crippen LogP contribution < -0.4 is 10.1 Å². The van der Waals surface area contributed by atoms with Crippen molar-refractivity contribution in [2.75, 3.05) is 5.32 Å². The highest BCUT2D eigenvalue weighted by atomic mass is 35.5. The van der Waals surface area contributed by atoms with Crippen molar-refractivity contribution in [2.45, 2.75) is 6.54 Å². The fraction of sp³-hybridized carbons (Fsp3) is 0.0667. The molecular weight excluding hydrogens is 308 g/mol. The van der Waals surface area contributed by atoms with Gasteiger partial charge in [-0.15, -0.1) is 0 Å². The third-order valence-corrected chi connectivity index (χ3v) is 3.13. The summed E-state index contributed by atoms with van der Waals surface area (Å²) in [5, 5.41) is 12.3. The second-order valence-corrected chi connectivity index (χ2v) is 4.94. The quantitative estimate of drug-likeness (QED) is 0.555. The summed E-state index contributed by atoms with van der Waals surface area (Å²) in [6.45, 7) is 0.506. The zero-order valence-electron chi connectivity index (χ0n) is 11.2. The van der Waals surface area contributed by atoms with E-state index in [9.17, 15) is 4.79 Å². The van der Waals surface area contributed by atoms with Crippen molar-refractivity contribution >= 4 is 34.9 Å². The molecule has 6 nitrogen and oxygen atoms in total. The molecule has 0 saturated carbocycles. The minimum atomic E-state index is -1.37. The standard InChI is InChI=1S/C15H11ClN2O4/c16-10-3-1-2-9(6-10)8-17-14-18-12-7-11(21-15(19)20)4-5-13(12)22-14/h1-7H,8H2,(H,17,18)(H,19,20). The number of hydrogen-bond donors (Lipinski definition) is 2. The number of ether oxygens (including phenoxy) is 1. The van der Waals surface area contributed by atoms with Gasteiger partial charge in [-0.25, -0.2) is 4.79 Å². The predicted octanol–water partition coefficient (Wildman–Crippen LogP) is 4.15. The second-order valence-electron chi connectivity index (χ2n) is 4.50. The van der Waals surface area contributed by atoms with Crippen molar-refractivity contribution in [1.29, 1.82) is 0 Å². The first-order valence-electron chi connectivity index (χ1n) is 6.40. The number of hydrogen-bond acceptors (Lipinski definition) is 5. The Kier molecular flexibility index (Phi) is 3.84. The van der Waals surface area contributed by atoms with Crippen molar-refractivity contribution in [2.24, 2.45) is 0 Å². The zero-order chi connectivity index (χ0) is 15.5. The summed E-state index contributed by atoms with van der Waals surface area (Å²) < 4.78 is 10.1. The first kappa shape index (κ1) is 14.2. The van der Waals surface area contributed by atoms with Crippen LogP contribution in [0.2, 0.25) is 5.02 Å². The molecule has 22 heavy (non-hydrogen) atoms. The van der Waals surface area contributed by atoms with Gasteiger partial charge in [-0.3, -0.25) is 0 Å². The number of aromatic nitrogens is 1. The molecule has 7 heteroatoms. The molecule has 0 atom stereocenters. The van der Waals surface area contributed by atoms with E-state index in [1.54, 1.807) is 12.1 Å². The van der Waals surface area contributed by atoms with Gasteiger partial charge in [0.15, 0.2) is 5.58 Å². The summed E-state index contributed by atoms with van der Waals surface area (Å²) >= 11 is 5.92. The molecular formula is C15H11ClN2O4. The van der Waals surface area contributed by atoms with Gasteiger partial charge >= 0.3 is 6.16 Å². The second kappa shape index (κ2) is 5.95. The topological polar surface area (TPSA) is 84.6 Å². The summed E-state index contributed by atoms with van der Waals surface area (Å²) in [6.07, 6.45) is -1.37. The number of benzene rings is 2. The average molecular weight is 319 g/mol. The largest absolute Gasteiger partial charge is 0.511 e. The normalized spacial score (nSPS) is 10.6. The van der Waals surface area contributed by atoms with Gasteiger partial charge in [-0.1, -0.05) is 23.7 Å². The first-order valence-corrected chi connectivity index (χ1v) is 6.77. The SMILES string of the molecule is O=C(O)Oc1ccc2oc(NCc3cccc(Cl)c3)nc2c1. The van der Waals surface area contributed by atoms with Crippen LogP contribution in [0.5, 0.6) is 5.75 Å². The fourth-order valence-electron chi connectivity index (χ4n) is 1.97. The average Bonchev–Trinajstić information content (AvgIpc) is 2.87. The molecule has 1 aromatic heterocycles. The number of fused-ring (bicyclic) bond motifs is 1. The molecule has 1 heterocycles. The van der Waals surface area contributed by atoms with Crippen molar-refractivity contribution < 1.29 is 19.1 Å². The Morgan fingerprint density at radius 1 is 1.32 bits per heavy atom. The number of carbonyl (C=O) groups is 1. The van der Waals surface area contributed by atoms with Crippen molar-refractivity contribution in [3.8, 4) is 5.75 Å². The minimum absolute atomic E-state index is 0.190. The number of rotatable bonds is 4. The van der Waals surface area contributed by atoms with Crippen LogP contribution in [0.25, 0.3) is 11.1 Å². The van der Waals surface area contributed by atoms with Crippen LogP contribution in [0.1, 0.15) is 5.56 Å². The predicted molar refractivity (Wildman–Crippen MR) is 81.4 cm³/mol. The molecule has 0 aliphatic carbocycles. The Bertz CT molecular complexity index is 831. The molecule has 0 amide bonds. The highest BCUT2D eigenvalue weighted by molar-refractivity contribution is 6.30. The van der Waals surface area contributed by atoms with E-state index in [4.69, 9.17) is 21.1 Å². The number of nitrogens with one attached hydrogen (secondary N) is 1. The van der Waals surface area contributed by atoms with E-state index in [1.807, 2.05) is 18.2 Å². The zero-order valence-corrected chi connectivity index (χ0v) is 12.0. The van der Waals surface area contributed by atoms with Crippen LogP contribution in [0, 0.1) is 0 Å². The van der Waals surface area contributed by atoms with Crippen molar-refractivity contribution in [3.05, 3.63) is 53.1 Å². The van der Waals surface area contributed by atoms with E-state index in [0.29, 0.717) is 28.7 Å². The lowest BCUT2D eigenvalue weighted by Gasteiger charge is -2.01. The van der Waals surface area contributed by atoms with Gasteiger partial charge in [-0.2, -0.15) is 4.98 Å². The van der Waals surface area contributed by atoms with Crippen molar-refractivity contribution in [3.63, 3.8) is 0 Å². The lowest BCUT2D eigenvalue weighted by atomic mass is 10.2. The number of nitrogens with zero attached hydrogens (tertiary/aromatic N) is 1. The third kappa shape index (κ3) is 3.29. The Morgan fingerprint density at radius 3 is 2.95 bits per heavy atom. The molecule has 112 valence electrons. The maximum absolute atomic E-state index is 10.5. The Morgan fingerprint density at radius 2 is 2.18 bits per heavy atom. The van der Waals surface area contributed by atoms with E-state index in [-0.39, 0.29) is 5.75 Å². The van der Waals surface area contributed by atoms with Crippen LogP contribution in [0.15, 0.2) is 46.9 Å². The number of halogens is 1. The third-order valence-electron chi connectivity index (χ3n) is 2.90. The molecule has 0 aliphatic rings. The molecule has 3 aromatic rings. The van der Waals surface area contributed by atoms with Gasteiger partial charge in [0.2, 0.25) is 0 Å². The van der Waals surface area contributed by atoms with E-state index in [0.717, 1.165) is 5.56 Å². The number of carboxylic acid groups (broad SMARTS) is 1. The molecule has 2 aromatic carbocycles. The van der Waals surface area contributed by atoms with Crippen LogP contribution in [-0.4, -0.2) is 16.2 Å². The molecule has 0 aliphatic heterocycles. The molecule has 0 radical (unpaired) electrons. The summed E-state index contributed by atoms with van der Waals surface area (Å²) in [5.41, 5.74) is 2.03. The number of anilines is 1. The lowest BCUT2D eigenvalue weighted by molar-refractivity contribution is 0.144. The van der Waals surface area contributed by atoms with Gasteiger partial charge < -0.3 is 19.6 Å². The first-order chi connectivity index (χ1) is 10.6. The van der Waals surface area contributed by atoms with Crippen LogP contribution in [0.4, 0.5) is 10.8 Å². The summed E-state index contributed by atoms with van der Waals surface area (Å²) in [5.74, 6) is 0.190. The molecule has 3 rings (SSSR count). The molecule has 0 spiro atoms. The van der Waals surface area contributed by atoms with E-state index < -0.39 is 6.16 Å². The highest BCUT2D eigenvalue weighted by Gasteiger charge is 2.08. The lowest BCUT2D eigenvalue weighted by Crippen LogP contribution is -2.02. The molecule has 0 unspecified atom stereocenters. The van der Waals surface area contributed by atoms with Crippen molar-refractivity contribution in [1.82, 2.24) is 4.98 Å². The Labute approximate surface area is 130 Å². The minimum Gasteiger partial charge on any atom is -0.449 e. The van der Waals surface area contributed by atoms with E-state index in [2.05, 4.69) is 15.0 Å². The van der Waals surface area contributed by atoms with Gasteiger partial charge in [0.25, 0.3) is 6.01 Å². The Hall–Kier alpha value is -2.73. The summed E-state index contributed by atoms with van der Waals surface area (Å²) in [7, 11) is 0. The summed E-state index contributed by atoms with van der Waals surface area (Å²) in [6, 6.07) is 12.4. The van der Waals surface area contributed by atoms with E-state index in [1.165, 1.54) is 12.1 Å². The molecule has 2 N–H and O–H groups in total. The van der Waals surface area contributed by atoms with Gasteiger partial charge in [0.05, 0.1) is 0 Å². The fourth-order valence-corrected chi connectivity index (χ4v) is 2.18. The maximum Gasteiger partial charge on any atom is 0.511 e. The van der Waals surface area contributed by atoms with Crippen LogP contribution in [-0.2, 0) is 6.54 Å². The maximum atomic E-state index is 10.5. The van der Waals surface area contributed by atoms with E-state index >= 15 is 0 Å². The highest BCUT2D eigenvalue weighted by Crippen LogP contribution is 2.24. The van der Waals surface area contributed by atoms with Crippen LogP contribution in [0.3, 0.4) is 0 Å². The monoisotopic (exact) mass is 318 g/mol. The smallest absolute Gasteiger partial charge is 0.449 e. The van der Waals surface area contributed by atoms with Gasteiger partial charge in [0.1, 0.15) is 11.3 Å². The molecule has 0 bridgehead atoms. The van der Waals surface area contributed by atoms with Crippen LogP contribution >= 0.6 is 11.6 Å².